The van der Waals surface area contributed by atoms with Crippen molar-refractivity contribution in [3.8, 4) is 0 Å². The molecule has 2 heteroatoms. The van der Waals surface area contributed by atoms with Gasteiger partial charge in [0.25, 0.3) is 0 Å². The van der Waals surface area contributed by atoms with E-state index in [0.29, 0.717) is 12.8 Å². The van der Waals surface area contributed by atoms with Crippen molar-refractivity contribution in [2.24, 2.45) is 0 Å². The molecule has 0 amide bonds. The van der Waals surface area contributed by atoms with E-state index >= 15 is 0 Å². The monoisotopic (exact) mass is 284 g/mol. The van der Waals surface area contributed by atoms with Crippen molar-refractivity contribution in [2.45, 2.75) is 44.6 Å². The van der Waals surface area contributed by atoms with E-state index in [-0.39, 0.29) is 5.82 Å². The van der Waals surface area contributed by atoms with E-state index in [1.165, 1.54) is 36.1 Å². The van der Waals surface area contributed by atoms with Gasteiger partial charge in [-0.25, -0.2) is 4.39 Å². The van der Waals surface area contributed by atoms with E-state index in [1.807, 2.05) is 13.0 Å². The molecule has 0 fully saturated rings. The molecule has 3 rings (SSSR count). The largest absolute Gasteiger partial charge is 0.389 e. The Hall–Kier alpha value is -1.67. The fourth-order valence-electron chi connectivity index (χ4n) is 3.32. The molecule has 1 unspecified atom stereocenters. The van der Waals surface area contributed by atoms with Crippen molar-refractivity contribution in [3.05, 3.63) is 70.5 Å². The lowest BCUT2D eigenvalue weighted by molar-refractivity contribution is 0.0608. The van der Waals surface area contributed by atoms with Gasteiger partial charge in [-0.2, -0.15) is 0 Å². The highest BCUT2D eigenvalue weighted by molar-refractivity contribution is 5.36. The molecule has 2 aromatic rings. The van der Waals surface area contributed by atoms with Crippen LogP contribution in [0.3, 0.4) is 0 Å². The molecular weight excluding hydrogens is 263 g/mol. The first-order chi connectivity index (χ1) is 10.0. The third kappa shape index (κ3) is 3.51. The molecule has 1 aliphatic carbocycles. The number of aliphatic hydroxyl groups is 1. The second kappa shape index (κ2) is 5.61. The third-order valence-electron chi connectivity index (χ3n) is 4.22. The minimum absolute atomic E-state index is 0.249. The van der Waals surface area contributed by atoms with E-state index in [2.05, 4.69) is 18.2 Å². The predicted molar refractivity (Wildman–Crippen MR) is 82.9 cm³/mol. The summed E-state index contributed by atoms with van der Waals surface area (Å²) in [6, 6.07) is 13.0. The van der Waals surface area contributed by atoms with Gasteiger partial charge in [-0.1, -0.05) is 30.3 Å². The SMILES string of the molecule is CC(O)(Cc1cccc(F)c1)Cc1ccc2c(c1)CCC2. The van der Waals surface area contributed by atoms with Gasteiger partial charge < -0.3 is 5.11 Å². The summed E-state index contributed by atoms with van der Waals surface area (Å²) in [7, 11) is 0. The average Bonchev–Trinajstić information content (AvgIpc) is 2.84. The Morgan fingerprint density at radius 1 is 1.00 bits per heavy atom. The maximum absolute atomic E-state index is 13.2. The Morgan fingerprint density at radius 2 is 1.71 bits per heavy atom. The highest BCUT2D eigenvalue weighted by Crippen LogP contribution is 2.26. The fraction of sp³-hybridized carbons (Fsp3) is 0.368. The molecule has 110 valence electrons. The van der Waals surface area contributed by atoms with Crippen LogP contribution in [-0.4, -0.2) is 10.7 Å². The Kier molecular flexibility index (Phi) is 3.81. The minimum atomic E-state index is -0.860. The first-order valence-electron chi connectivity index (χ1n) is 7.59. The molecule has 0 aliphatic heterocycles. The van der Waals surface area contributed by atoms with E-state index in [0.717, 1.165) is 17.5 Å². The first kappa shape index (κ1) is 14.3. The summed E-state index contributed by atoms with van der Waals surface area (Å²) in [5.41, 5.74) is 4.01. The zero-order valence-electron chi connectivity index (χ0n) is 12.4. The number of fused-ring (bicyclic) bond motifs is 1. The molecule has 0 spiro atoms. The summed E-state index contributed by atoms with van der Waals surface area (Å²) in [4.78, 5) is 0. The lowest BCUT2D eigenvalue weighted by Gasteiger charge is -2.24. The van der Waals surface area contributed by atoms with Crippen LogP contribution in [0.25, 0.3) is 0 Å². The molecule has 0 heterocycles. The zero-order valence-corrected chi connectivity index (χ0v) is 12.4. The summed E-state index contributed by atoms with van der Waals surface area (Å²) in [6.45, 7) is 1.82. The van der Waals surface area contributed by atoms with Crippen molar-refractivity contribution in [1.29, 1.82) is 0 Å². The molecular formula is C19H21FO. The Balaban J connectivity index is 1.73. The maximum atomic E-state index is 13.2. The Bertz CT molecular complexity index is 646. The van der Waals surface area contributed by atoms with Gasteiger partial charge in [0.05, 0.1) is 5.60 Å². The topological polar surface area (TPSA) is 20.2 Å². The lowest BCUT2D eigenvalue weighted by Crippen LogP contribution is -2.30. The molecule has 1 nitrogen and oxygen atoms in total. The third-order valence-corrected chi connectivity index (χ3v) is 4.22. The van der Waals surface area contributed by atoms with Gasteiger partial charge in [0, 0.05) is 12.8 Å². The molecule has 0 aromatic heterocycles. The molecule has 0 saturated heterocycles. The van der Waals surface area contributed by atoms with E-state index in [9.17, 15) is 9.50 Å². The van der Waals surface area contributed by atoms with Crippen LogP contribution in [0.5, 0.6) is 0 Å². The number of rotatable bonds is 4. The van der Waals surface area contributed by atoms with Crippen molar-refractivity contribution >= 4 is 0 Å². The van der Waals surface area contributed by atoms with Crippen LogP contribution in [0.2, 0.25) is 0 Å². The number of halogens is 1. The van der Waals surface area contributed by atoms with Crippen LogP contribution in [-0.2, 0) is 25.7 Å². The van der Waals surface area contributed by atoms with E-state index < -0.39 is 5.60 Å². The minimum Gasteiger partial charge on any atom is -0.389 e. The normalized spacial score (nSPS) is 16.5. The Morgan fingerprint density at radius 3 is 2.48 bits per heavy atom. The van der Waals surface area contributed by atoms with Crippen LogP contribution in [0, 0.1) is 5.82 Å². The van der Waals surface area contributed by atoms with Gasteiger partial charge in [0.1, 0.15) is 5.82 Å². The van der Waals surface area contributed by atoms with Crippen LogP contribution < -0.4 is 0 Å². The zero-order chi connectivity index (χ0) is 14.9. The number of aryl methyl sites for hydroxylation is 2. The number of hydrogen-bond acceptors (Lipinski definition) is 1. The molecule has 1 atom stereocenters. The van der Waals surface area contributed by atoms with Gasteiger partial charge >= 0.3 is 0 Å². The van der Waals surface area contributed by atoms with Crippen molar-refractivity contribution in [2.75, 3.05) is 0 Å². The number of hydrogen-bond donors (Lipinski definition) is 1. The lowest BCUT2D eigenvalue weighted by atomic mass is 9.89. The summed E-state index contributed by atoms with van der Waals surface area (Å²) < 4.78 is 13.2. The molecule has 0 saturated carbocycles. The van der Waals surface area contributed by atoms with Crippen molar-refractivity contribution in [3.63, 3.8) is 0 Å². The van der Waals surface area contributed by atoms with E-state index in [4.69, 9.17) is 0 Å². The van der Waals surface area contributed by atoms with Gasteiger partial charge in [-0.05, 0) is 60.6 Å². The molecule has 0 bridgehead atoms. The van der Waals surface area contributed by atoms with Crippen LogP contribution in [0.4, 0.5) is 4.39 Å². The summed E-state index contributed by atoms with van der Waals surface area (Å²) in [5, 5.41) is 10.6. The quantitative estimate of drug-likeness (QED) is 0.904. The summed E-state index contributed by atoms with van der Waals surface area (Å²) >= 11 is 0. The van der Waals surface area contributed by atoms with Gasteiger partial charge in [0.15, 0.2) is 0 Å². The molecule has 0 radical (unpaired) electrons. The highest BCUT2D eigenvalue weighted by Gasteiger charge is 2.22. The molecule has 1 aliphatic rings. The average molecular weight is 284 g/mol. The number of benzene rings is 2. The fourth-order valence-corrected chi connectivity index (χ4v) is 3.32. The first-order valence-corrected chi connectivity index (χ1v) is 7.59. The van der Waals surface area contributed by atoms with Crippen LogP contribution >= 0.6 is 0 Å². The van der Waals surface area contributed by atoms with Crippen molar-refractivity contribution < 1.29 is 9.50 Å². The molecule has 21 heavy (non-hydrogen) atoms. The van der Waals surface area contributed by atoms with Gasteiger partial charge in [-0.15, -0.1) is 0 Å². The standard InChI is InChI=1S/C19H21FO/c1-19(21,12-14-4-2-7-18(20)11-14)13-15-8-9-16-5-3-6-17(16)10-15/h2,4,7-11,21H,3,5-6,12-13H2,1H3. The van der Waals surface area contributed by atoms with Crippen LogP contribution in [0.1, 0.15) is 35.6 Å². The second-order valence-corrected chi connectivity index (χ2v) is 6.44. The smallest absolute Gasteiger partial charge is 0.123 e. The predicted octanol–water partition coefficient (Wildman–Crippen LogP) is 3.85. The van der Waals surface area contributed by atoms with Gasteiger partial charge in [0.2, 0.25) is 0 Å². The molecule has 1 N–H and O–H groups in total. The second-order valence-electron chi connectivity index (χ2n) is 6.44. The van der Waals surface area contributed by atoms with Crippen LogP contribution in [0.15, 0.2) is 42.5 Å². The highest BCUT2D eigenvalue weighted by atomic mass is 19.1. The molecule has 2 aromatic carbocycles. The van der Waals surface area contributed by atoms with E-state index in [1.54, 1.807) is 6.07 Å². The summed E-state index contributed by atoms with van der Waals surface area (Å²) in [5.74, 6) is -0.249. The van der Waals surface area contributed by atoms with Gasteiger partial charge in [-0.3, -0.25) is 0 Å². The Labute approximate surface area is 125 Å². The summed E-state index contributed by atoms with van der Waals surface area (Å²) in [6.07, 6.45) is 4.61. The van der Waals surface area contributed by atoms with Crippen molar-refractivity contribution in [1.82, 2.24) is 0 Å². The maximum Gasteiger partial charge on any atom is 0.123 e.